The molecule has 1 aliphatic carbocycles. The van der Waals surface area contributed by atoms with Gasteiger partial charge < -0.3 is 11.1 Å². The minimum atomic E-state index is -0.0612. The van der Waals surface area contributed by atoms with Crippen LogP contribution in [0.15, 0.2) is 6.07 Å². The molecule has 5 heteroatoms. The summed E-state index contributed by atoms with van der Waals surface area (Å²) in [5.41, 5.74) is 8.16. The van der Waals surface area contributed by atoms with Crippen molar-refractivity contribution < 1.29 is 4.79 Å². The number of aromatic nitrogens is 2. The molecule has 1 aliphatic rings. The van der Waals surface area contributed by atoms with Gasteiger partial charge in [0, 0.05) is 12.6 Å². The number of rotatable bonds is 4. The van der Waals surface area contributed by atoms with Crippen molar-refractivity contribution in [1.82, 2.24) is 15.5 Å². The van der Waals surface area contributed by atoms with Crippen LogP contribution in [0.2, 0.25) is 0 Å². The van der Waals surface area contributed by atoms with Crippen molar-refractivity contribution in [3.63, 3.8) is 0 Å². The van der Waals surface area contributed by atoms with Crippen LogP contribution < -0.4 is 11.1 Å². The standard InChI is InChI=1S/C14H22N4O/c1-3-13-11(7-9(2)17-18-13)14(19)16-8-10-5-4-6-12(10)15/h7,10,12H,3-6,8,15H2,1-2H3,(H,16,19). The predicted octanol–water partition coefficient (Wildman–Crippen LogP) is 1.20. The molecule has 2 rings (SSSR count). The highest BCUT2D eigenvalue weighted by molar-refractivity contribution is 5.95. The molecule has 0 spiro atoms. The van der Waals surface area contributed by atoms with Crippen LogP contribution in [0.3, 0.4) is 0 Å². The summed E-state index contributed by atoms with van der Waals surface area (Å²) in [4.78, 5) is 12.2. The SMILES string of the molecule is CCc1nnc(C)cc1C(=O)NCC1CCCC1N. The largest absolute Gasteiger partial charge is 0.352 e. The topological polar surface area (TPSA) is 80.9 Å². The lowest BCUT2D eigenvalue weighted by Gasteiger charge is -2.16. The molecule has 1 amide bonds. The van der Waals surface area contributed by atoms with Crippen molar-refractivity contribution in [2.24, 2.45) is 11.7 Å². The van der Waals surface area contributed by atoms with E-state index < -0.39 is 0 Å². The molecular weight excluding hydrogens is 240 g/mol. The predicted molar refractivity (Wildman–Crippen MR) is 73.8 cm³/mol. The summed E-state index contributed by atoms with van der Waals surface area (Å²) in [6.07, 6.45) is 4.04. The summed E-state index contributed by atoms with van der Waals surface area (Å²) >= 11 is 0. The minimum absolute atomic E-state index is 0.0612. The monoisotopic (exact) mass is 262 g/mol. The fraction of sp³-hybridized carbons (Fsp3) is 0.643. The van der Waals surface area contributed by atoms with Crippen LogP contribution in [0.4, 0.5) is 0 Å². The van der Waals surface area contributed by atoms with E-state index in [2.05, 4.69) is 15.5 Å². The average molecular weight is 262 g/mol. The number of nitrogens with two attached hydrogens (primary N) is 1. The molecule has 0 saturated heterocycles. The maximum absolute atomic E-state index is 12.2. The number of hydrogen-bond donors (Lipinski definition) is 2. The van der Waals surface area contributed by atoms with Crippen LogP contribution in [0.5, 0.6) is 0 Å². The van der Waals surface area contributed by atoms with Gasteiger partial charge in [-0.05, 0) is 38.2 Å². The van der Waals surface area contributed by atoms with Gasteiger partial charge >= 0.3 is 0 Å². The minimum Gasteiger partial charge on any atom is -0.352 e. The van der Waals surface area contributed by atoms with E-state index in [1.165, 1.54) is 0 Å². The molecule has 1 aromatic heterocycles. The van der Waals surface area contributed by atoms with Crippen molar-refractivity contribution >= 4 is 5.91 Å². The molecule has 3 N–H and O–H groups in total. The lowest BCUT2D eigenvalue weighted by molar-refractivity contribution is 0.0944. The Morgan fingerprint density at radius 3 is 2.89 bits per heavy atom. The third kappa shape index (κ3) is 3.29. The van der Waals surface area contributed by atoms with Crippen LogP contribution >= 0.6 is 0 Å². The summed E-state index contributed by atoms with van der Waals surface area (Å²) in [5.74, 6) is 0.346. The van der Waals surface area contributed by atoms with Crippen molar-refractivity contribution in [2.45, 2.75) is 45.6 Å². The molecule has 0 aromatic carbocycles. The maximum Gasteiger partial charge on any atom is 0.253 e. The van der Waals surface area contributed by atoms with Crippen LogP contribution in [0.25, 0.3) is 0 Å². The highest BCUT2D eigenvalue weighted by atomic mass is 16.1. The Labute approximate surface area is 114 Å². The van der Waals surface area contributed by atoms with Gasteiger partial charge in [0.15, 0.2) is 0 Å². The van der Waals surface area contributed by atoms with Crippen molar-refractivity contribution in [2.75, 3.05) is 6.54 Å². The van der Waals surface area contributed by atoms with Crippen LogP contribution in [-0.4, -0.2) is 28.7 Å². The van der Waals surface area contributed by atoms with E-state index in [1.54, 1.807) is 6.07 Å². The molecule has 1 aromatic rings. The van der Waals surface area contributed by atoms with Gasteiger partial charge in [-0.25, -0.2) is 0 Å². The molecule has 2 unspecified atom stereocenters. The van der Waals surface area contributed by atoms with Gasteiger partial charge in [0.2, 0.25) is 0 Å². The number of aryl methyl sites for hydroxylation is 2. The first-order valence-corrected chi connectivity index (χ1v) is 6.98. The Morgan fingerprint density at radius 2 is 2.26 bits per heavy atom. The van der Waals surface area contributed by atoms with E-state index in [-0.39, 0.29) is 11.9 Å². The molecule has 0 radical (unpaired) electrons. The Hall–Kier alpha value is -1.49. The highest BCUT2D eigenvalue weighted by Crippen LogP contribution is 2.23. The zero-order valence-electron chi connectivity index (χ0n) is 11.6. The second-order valence-electron chi connectivity index (χ2n) is 5.26. The molecule has 1 heterocycles. The van der Waals surface area contributed by atoms with Gasteiger partial charge in [-0.2, -0.15) is 10.2 Å². The normalized spacial score (nSPS) is 22.5. The molecule has 1 saturated carbocycles. The van der Waals surface area contributed by atoms with Gasteiger partial charge in [-0.15, -0.1) is 0 Å². The molecule has 104 valence electrons. The summed E-state index contributed by atoms with van der Waals surface area (Å²) in [6, 6.07) is 2.03. The van der Waals surface area contributed by atoms with Crippen molar-refractivity contribution in [3.05, 3.63) is 23.0 Å². The first-order valence-electron chi connectivity index (χ1n) is 6.98. The smallest absolute Gasteiger partial charge is 0.253 e. The number of amides is 1. The van der Waals surface area contributed by atoms with Crippen LogP contribution in [-0.2, 0) is 6.42 Å². The fourth-order valence-electron chi connectivity index (χ4n) is 2.61. The maximum atomic E-state index is 12.2. The molecule has 5 nitrogen and oxygen atoms in total. The highest BCUT2D eigenvalue weighted by Gasteiger charge is 2.24. The Kier molecular flexibility index (Phi) is 4.47. The first-order chi connectivity index (χ1) is 9.11. The molecule has 19 heavy (non-hydrogen) atoms. The molecule has 2 atom stereocenters. The Bertz CT molecular complexity index is 461. The van der Waals surface area contributed by atoms with Gasteiger partial charge in [-0.3, -0.25) is 4.79 Å². The van der Waals surface area contributed by atoms with Crippen molar-refractivity contribution in [3.8, 4) is 0 Å². The third-order valence-electron chi connectivity index (χ3n) is 3.81. The van der Waals surface area contributed by atoms with E-state index in [1.807, 2.05) is 13.8 Å². The first kappa shape index (κ1) is 13.9. The summed E-state index contributed by atoms with van der Waals surface area (Å²) in [5, 5.41) is 11.1. The fourth-order valence-corrected chi connectivity index (χ4v) is 2.61. The second-order valence-corrected chi connectivity index (χ2v) is 5.26. The summed E-state index contributed by atoms with van der Waals surface area (Å²) in [7, 11) is 0. The Morgan fingerprint density at radius 1 is 1.47 bits per heavy atom. The zero-order valence-corrected chi connectivity index (χ0v) is 11.6. The number of nitrogens with one attached hydrogen (secondary N) is 1. The van der Waals surface area contributed by atoms with Crippen LogP contribution in [0, 0.1) is 12.8 Å². The molecular formula is C14H22N4O. The quantitative estimate of drug-likeness (QED) is 0.854. The average Bonchev–Trinajstić information content (AvgIpc) is 2.81. The van der Waals surface area contributed by atoms with E-state index in [9.17, 15) is 4.79 Å². The van der Waals surface area contributed by atoms with Gasteiger partial charge in [-0.1, -0.05) is 13.3 Å². The summed E-state index contributed by atoms with van der Waals surface area (Å²) in [6.45, 7) is 4.48. The molecule has 0 bridgehead atoms. The lowest BCUT2D eigenvalue weighted by Crippen LogP contribution is -2.36. The number of carbonyl (C=O) groups excluding carboxylic acids is 1. The number of nitrogens with zero attached hydrogens (tertiary/aromatic N) is 2. The number of hydrogen-bond acceptors (Lipinski definition) is 4. The van der Waals surface area contributed by atoms with Crippen LogP contribution in [0.1, 0.15) is 47.9 Å². The van der Waals surface area contributed by atoms with Gasteiger partial charge in [0.1, 0.15) is 0 Å². The summed E-state index contributed by atoms with van der Waals surface area (Å²) < 4.78 is 0. The number of carbonyl (C=O) groups is 1. The van der Waals surface area contributed by atoms with E-state index in [0.717, 1.165) is 30.7 Å². The zero-order chi connectivity index (χ0) is 13.8. The molecule has 1 fully saturated rings. The molecule has 0 aliphatic heterocycles. The second kappa shape index (κ2) is 6.10. The van der Waals surface area contributed by atoms with E-state index >= 15 is 0 Å². The van der Waals surface area contributed by atoms with Gasteiger partial charge in [0.05, 0.1) is 17.0 Å². The third-order valence-corrected chi connectivity index (χ3v) is 3.81. The Balaban J connectivity index is 2.01. The van der Waals surface area contributed by atoms with Crippen molar-refractivity contribution in [1.29, 1.82) is 0 Å². The van der Waals surface area contributed by atoms with E-state index in [0.29, 0.717) is 24.4 Å². The van der Waals surface area contributed by atoms with Gasteiger partial charge in [0.25, 0.3) is 5.91 Å². The lowest BCUT2D eigenvalue weighted by atomic mass is 10.0. The van der Waals surface area contributed by atoms with E-state index in [4.69, 9.17) is 5.73 Å².